The van der Waals surface area contributed by atoms with Crippen LogP contribution in [0.2, 0.25) is 10.0 Å². The number of amides is 1. The summed E-state index contributed by atoms with van der Waals surface area (Å²) in [6.07, 6.45) is 1.40. The first kappa shape index (κ1) is 24.4. The molecule has 0 bridgehead atoms. The molecular formula is C26H18Cl2N4O5. The Morgan fingerprint density at radius 3 is 2.59 bits per heavy atom. The summed E-state index contributed by atoms with van der Waals surface area (Å²) in [4.78, 5) is 29.1. The van der Waals surface area contributed by atoms with Crippen molar-refractivity contribution < 1.29 is 18.7 Å². The van der Waals surface area contributed by atoms with Gasteiger partial charge >= 0.3 is 0 Å². The highest BCUT2D eigenvalue weighted by molar-refractivity contribution is 6.37. The Bertz CT molecular complexity index is 1740. The fraction of sp³-hybridized carbons (Fsp3) is 0.0769. The van der Waals surface area contributed by atoms with E-state index in [4.69, 9.17) is 42.8 Å². The van der Waals surface area contributed by atoms with E-state index >= 15 is 0 Å². The van der Waals surface area contributed by atoms with Crippen LogP contribution in [0.4, 0.5) is 0 Å². The van der Waals surface area contributed by atoms with Crippen molar-refractivity contribution in [2.45, 2.75) is 0 Å². The van der Waals surface area contributed by atoms with Gasteiger partial charge in [-0.1, -0.05) is 41.4 Å². The molecule has 9 nitrogen and oxygen atoms in total. The maximum absolute atomic E-state index is 13.4. The highest BCUT2D eigenvalue weighted by Crippen LogP contribution is 2.34. The molecule has 0 aliphatic heterocycles. The number of benzene rings is 3. The molecule has 0 radical (unpaired) electrons. The summed E-state index contributed by atoms with van der Waals surface area (Å²) in [6.45, 7) is -0.378. The fourth-order valence-corrected chi connectivity index (χ4v) is 4.39. The monoisotopic (exact) mass is 536 g/mol. The van der Waals surface area contributed by atoms with Crippen molar-refractivity contribution in [1.29, 1.82) is 0 Å². The molecule has 37 heavy (non-hydrogen) atoms. The molecule has 0 aliphatic rings. The van der Waals surface area contributed by atoms with E-state index in [2.05, 4.69) is 10.1 Å². The van der Waals surface area contributed by atoms with Gasteiger partial charge in [0, 0.05) is 0 Å². The van der Waals surface area contributed by atoms with Crippen LogP contribution in [0.5, 0.6) is 11.5 Å². The van der Waals surface area contributed by atoms with Crippen molar-refractivity contribution in [1.82, 2.24) is 9.66 Å². The number of rotatable bonds is 7. The van der Waals surface area contributed by atoms with E-state index in [0.29, 0.717) is 33.6 Å². The van der Waals surface area contributed by atoms with Gasteiger partial charge in [0.15, 0.2) is 18.1 Å². The first-order chi connectivity index (χ1) is 17.9. The van der Waals surface area contributed by atoms with Crippen LogP contribution in [0.1, 0.15) is 5.56 Å². The van der Waals surface area contributed by atoms with Gasteiger partial charge in [0.1, 0.15) is 11.3 Å². The maximum atomic E-state index is 13.4. The zero-order chi connectivity index (χ0) is 26.1. The number of nitrogens with zero attached hydrogens (tertiary/aromatic N) is 3. The third kappa shape index (κ3) is 4.74. The lowest BCUT2D eigenvalue weighted by Crippen LogP contribution is -2.20. The average molecular weight is 537 g/mol. The first-order valence-electron chi connectivity index (χ1n) is 10.9. The number of hydrogen-bond acceptors (Lipinski definition) is 7. The molecule has 1 amide bonds. The maximum Gasteiger partial charge on any atom is 0.282 e. The lowest BCUT2D eigenvalue weighted by Gasteiger charge is -2.10. The molecule has 2 heterocycles. The number of para-hydroxylation sites is 1. The van der Waals surface area contributed by atoms with Crippen molar-refractivity contribution in [2.24, 2.45) is 10.8 Å². The number of fused-ring (bicyclic) bond motifs is 2. The normalized spacial score (nSPS) is 11.4. The van der Waals surface area contributed by atoms with Crippen molar-refractivity contribution >= 4 is 57.2 Å². The molecule has 0 saturated heterocycles. The Kier molecular flexibility index (Phi) is 6.56. The molecule has 186 valence electrons. The van der Waals surface area contributed by atoms with E-state index in [0.717, 1.165) is 10.1 Å². The Morgan fingerprint density at radius 1 is 1.11 bits per heavy atom. The van der Waals surface area contributed by atoms with Crippen LogP contribution >= 0.6 is 23.2 Å². The van der Waals surface area contributed by atoms with Crippen molar-refractivity contribution in [3.05, 3.63) is 86.6 Å². The third-order valence-corrected chi connectivity index (χ3v) is 5.98. The minimum absolute atomic E-state index is 0.112. The van der Waals surface area contributed by atoms with Gasteiger partial charge in [-0.2, -0.15) is 9.78 Å². The zero-order valence-electron chi connectivity index (χ0n) is 19.3. The summed E-state index contributed by atoms with van der Waals surface area (Å²) in [5.41, 5.74) is 6.24. The van der Waals surface area contributed by atoms with Crippen LogP contribution in [0.3, 0.4) is 0 Å². The molecule has 0 unspecified atom stereocenters. The van der Waals surface area contributed by atoms with E-state index in [1.54, 1.807) is 49.6 Å². The molecule has 3 aromatic carbocycles. The lowest BCUT2D eigenvalue weighted by molar-refractivity contribution is -0.119. The molecule has 0 aliphatic carbocycles. The second-order valence-corrected chi connectivity index (χ2v) is 8.68. The number of carbonyl (C=O) groups excluding carboxylic acids is 1. The Labute approximate surface area is 219 Å². The molecule has 2 N–H and O–H groups in total. The number of carbonyl (C=O) groups is 1. The Morgan fingerprint density at radius 2 is 1.86 bits per heavy atom. The summed E-state index contributed by atoms with van der Waals surface area (Å²) in [6, 6.07) is 17.1. The van der Waals surface area contributed by atoms with Crippen LogP contribution in [-0.2, 0) is 4.79 Å². The standard InChI is InChI=1S/C26H18Cl2N4O5/c1-35-20-7-4-8-21-16(20)11-22(37-21)25-31-19-6-3-2-5-15(19)26(34)32(25)30-12-14-9-17(27)24(18(28)10-14)36-13-23(29)33/h2-12H,13H2,1H3,(H2,29,33). The predicted octanol–water partition coefficient (Wildman–Crippen LogP) is 4.87. The molecular weight excluding hydrogens is 519 g/mol. The van der Waals surface area contributed by atoms with Crippen LogP contribution in [0.15, 0.2) is 75.0 Å². The van der Waals surface area contributed by atoms with Gasteiger partial charge in [0.05, 0.1) is 39.7 Å². The third-order valence-electron chi connectivity index (χ3n) is 5.42. The smallest absolute Gasteiger partial charge is 0.282 e. The zero-order valence-corrected chi connectivity index (χ0v) is 20.8. The minimum atomic E-state index is -0.670. The molecule has 0 spiro atoms. The summed E-state index contributed by atoms with van der Waals surface area (Å²) in [5, 5.41) is 5.78. The number of halogens is 2. The van der Waals surface area contributed by atoms with Crippen LogP contribution in [0.25, 0.3) is 33.5 Å². The van der Waals surface area contributed by atoms with Gasteiger partial charge in [-0.15, -0.1) is 0 Å². The van der Waals surface area contributed by atoms with Gasteiger partial charge in [-0.25, -0.2) is 4.98 Å². The number of aromatic nitrogens is 2. The van der Waals surface area contributed by atoms with Crippen molar-refractivity contribution in [3.63, 3.8) is 0 Å². The van der Waals surface area contributed by atoms with Gasteiger partial charge in [-0.05, 0) is 48.0 Å². The number of hydrogen-bond donors (Lipinski definition) is 1. The van der Waals surface area contributed by atoms with Crippen molar-refractivity contribution in [3.8, 4) is 23.1 Å². The van der Waals surface area contributed by atoms with Gasteiger partial charge in [-0.3, -0.25) is 9.59 Å². The summed E-state index contributed by atoms with van der Waals surface area (Å²) < 4.78 is 17.9. The summed E-state index contributed by atoms with van der Waals surface area (Å²) in [5.74, 6) is 0.577. The predicted molar refractivity (Wildman–Crippen MR) is 142 cm³/mol. The van der Waals surface area contributed by atoms with Crippen LogP contribution in [0, 0.1) is 0 Å². The quantitative estimate of drug-likeness (QED) is 0.296. The Balaban J connectivity index is 1.64. The minimum Gasteiger partial charge on any atom is -0.496 e. The largest absolute Gasteiger partial charge is 0.496 e. The van der Waals surface area contributed by atoms with Crippen LogP contribution < -0.4 is 20.8 Å². The van der Waals surface area contributed by atoms with E-state index in [-0.39, 0.29) is 28.2 Å². The highest BCUT2D eigenvalue weighted by Gasteiger charge is 2.18. The number of furan rings is 1. The van der Waals surface area contributed by atoms with Gasteiger partial charge in [0.25, 0.3) is 11.5 Å². The molecule has 0 saturated carbocycles. The van der Waals surface area contributed by atoms with E-state index in [1.165, 1.54) is 18.3 Å². The summed E-state index contributed by atoms with van der Waals surface area (Å²) in [7, 11) is 1.57. The molecule has 2 aromatic heterocycles. The van der Waals surface area contributed by atoms with Crippen LogP contribution in [-0.4, -0.2) is 35.5 Å². The summed E-state index contributed by atoms with van der Waals surface area (Å²) >= 11 is 12.6. The number of nitrogens with two attached hydrogens (primary N) is 1. The number of ether oxygens (including phenoxy) is 2. The lowest BCUT2D eigenvalue weighted by atomic mass is 10.2. The molecule has 5 aromatic rings. The molecule has 11 heteroatoms. The first-order valence-corrected chi connectivity index (χ1v) is 11.6. The van der Waals surface area contributed by atoms with E-state index in [1.807, 2.05) is 6.07 Å². The average Bonchev–Trinajstić information content (AvgIpc) is 3.32. The van der Waals surface area contributed by atoms with Gasteiger partial charge < -0.3 is 19.6 Å². The van der Waals surface area contributed by atoms with Gasteiger partial charge in [0.2, 0.25) is 5.82 Å². The Hall–Kier alpha value is -4.34. The van der Waals surface area contributed by atoms with E-state index < -0.39 is 11.5 Å². The second kappa shape index (κ2) is 9.96. The molecule has 0 fully saturated rings. The van der Waals surface area contributed by atoms with Crippen molar-refractivity contribution in [2.75, 3.05) is 13.7 Å². The van der Waals surface area contributed by atoms with E-state index in [9.17, 15) is 9.59 Å². The number of primary amides is 1. The number of methoxy groups -OCH3 is 1. The highest BCUT2D eigenvalue weighted by atomic mass is 35.5. The fourth-order valence-electron chi connectivity index (χ4n) is 3.77. The second-order valence-electron chi connectivity index (χ2n) is 7.87. The SMILES string of the molecule is COc1cccc2oc(-c3nc4ccccc4c(=O)n3N=Cc3cc(Cl)c(OCC(N)=O)c(Cl)c3)cc12. The topological polar surface area (TPSA) is 122 Å². The molecule has 5 rings (SSSR count). The molecule has 0 atom stereocenters.